The summed E-state index contributed by atoms with van der Waals surface area (Å²) in [5, 5.41) is 14.0. The van der Waals surface area contributed by atoms with Gasteiger partial charge in [-0.15, -0.1) is 0 Å². The van der Waals surface area contributed by atoms with Crippen LogP contribution in [0.25, 0.3) is 10.9 Å². The third kappa shape index (κ3) is 2.75. The number of nitrogens with one attached hydrogen (secondary N) is 2. The zero-order valence-corrected chi connectivity index (χ0v) is 13.1. The van der Waals surface area contributed by atoms with Crippen LogP contribution < -0.4 is 5.32 Å². The number of carboxylic acids is 1. The number of aliphatic carboxylic acids is 1. The smallest absolute Gasteiger partial charge is 0.312 e. The largest absolute Gasteiger partial charge is 0.481 e. The number of hydrogen-bond donors (Lipinski definition) is 3. The lowest BCUT2D eigenvalue weighted by molar-refractivity contribution is -0.138. The highest BCUT2D eigenvalue weighted by Gasteiger charge is 2.34. The van der Waals surface area contributed by atoms with E-state index in [4.69, 9.17) is 0 Å². The molecular weight excluding hydrogens is 276 g/mol. The van der Waals surface area contributed by atoms with Gasteiger partial charge in [0.05, 0.1) is 5.92 Å². The Labute approximate surface area is 130 Å². The Balaban J connectivity index is 1.92. The van der Waals surface area contributed by atoms with Crippen LogP contribution in [0.3, 0.4) is 0 Å². The molecule has 0 amide bonds. The van der Waals surface area contributed by atoms with Gasteiger partial charge in [-0.2, -0.15) is 0 Å². The topological polar surface area (TPSA) is 65.1 Å². The summed E-state index contributed by atoms with van der Waals surface area (Å²) < 4.78 is 0. The van der Waals surface area contributed by atoms with Crippen LogP contribution >= 0.6 is 0 Å². The van der Waals surface area contributed by atoms with Gasteiger partial charge in [0.2, 0.25) is 0 Å². The van der Waals surface area contributed by atoms with E-state index < -0.39 is 11.9 Å². The Morgan fingerprint density at radius 1 is 1.27 bits per heavy atom. The monoisotopic (exact) mass is 300 g/mol. The van der Waals surface area contributed by atoms with Gasteiger partial charge in [-0.1, -0.05) is 50.8 Å². The maximum absolute atomic E-state index is 11.6. The number of fused-ring (bicyclic) bond motifs is 3. The van der Waals surface area contributed by atoms with Crippen molar-refractivity contribution < 1.29 is 9.90 Å². The van der Waals surface area contributed by atoms with Crippen molar-refractivity contribution in [1.29, 1.82) is 0 Å². The predicted molar refractivity (Wildman–Crippen MR) is 88.2 cm³/mol. The summed E-state index contributed by atoms with van der Waals surface area (Å²) in [4.78, 5) is 15.1. The summed E-state index contributed by atoms with van der Waals surface area (Å²) >= 11 is 0. The van der Waals surface area contributed by atoms with Gasteiger partial charge >= 0.3 is 5.97 Å². The number of aromatic amines is 1. The van der Waals surface area contributed by atoms with Gasteiger partial charge in [0.1, 0.15) is 0 Å². The van der Waals surface area contributed by atoms with Gasteiger partial charge < -0.3 is 15.4 Å². The molecule has 2 aromatic rings. The maximum atomic E-state index is 11.6. The van der Waals surface area contributed by atoms with Gasteiger partial charge in [-0.05, 0) is 18.1 Å². The van der Waals surface area contributed by atoms with E-state index in [1.54, 1.807) is 0 Å². The van der Waals surface area contributed by atoms with Crippen LogP contribution in [0, 0.1) is 0 Å². The van der Waals surface area contributed by atoms with E-state index in [-0.39, 0.29) is 6.04 Å². The Morgan fingerprint density at radius 3 is 2.86 bits per heavy atom. The third-order valence-electron chi connectivity index (χ3n) is 4.69. The number of aromatic nitrogens is 1. The van der Waals surface area contributed by atoms with Crippen LogP contribution in [0.5, 0.6) is 0 Å². The minimum atomic E-state index is -0.747. The first-order chi connectivity index (χ1) is 10.7. The van der Waals surface area contributed by atoms with Gasteiger partial charge in [0.25, 0.3) is 0 Å². The Morgan fingerprint density at radius 2 is 2.09 bits per heavy atom. The van der Waals surface area contributed by atoms with E-state index in [2.05, 4.69) is 17.2 Å². The van der Waals surface area contributed by atoms with Crippen LogP contribution in [0.1, 0.15) is 62.2 Å². The molecule has 0 saturated carbocycles. The molecule has 2 atom stereocenters. The standard InChI is InChI=1S/C18H24N2O2/c1-2-3-4-5-10-15-17-16(13(11-19-15)18(21)22)12-8-6-7-9-14(12)20-17/h6-9,13,15,19-20H,2-5,10-11H2,1H3,(H,21,22)/t13-,15-/m0/s1. The molecule has 0 bridgehead atoms. The number of benzene rings is 1. The molecule has 4 nitrogen and oxygen atoms in total. The number of rotatable bonds is 6. The number of carboxylic acid groups (broad SMARTS) is 1. The molecule has 3 rings (SSSR count). The Hall–Kier alpha value is -1.81. The van der Waals surface area contributed by atoms with Crippen molar-refractivity contribution in [3.05, 3.63) is 35.5 Å². The lowest BCUT2D eigenvalue weighted by atomic mass is 9.88. The molecular formula is C18H24N2O2. The maximum Gasteiger partial charge on any atom is 0.312 e. The van der Waals surface area contributed by atoms with Crippen molar-refractivity contribution in [1.82, 2.24) is 10.3 Å². The van der Waals surface area contributed by atoms with Gasteiger partial charge in [-0.25, -0.2) is 0 Å². The molecule has 1 aromatic carbocycles. The molecule has 3 N–H and O–H groups in total. The summed E-state index contributed by atoms with van der Waals surface area (Å²) in [5.74, 6) is -1.21. The molecule has 1 aromatic heterocycles. The van der Waals surface area contributed by atoms with E-state index >= 15 is 0 Å². The van der Waals surface area contributed by atoms with E-state index in [1.165, 1.54) is 25.7 Å². The number of hydrogen-bond acceptors (Lipinski definition) is 2. The number of para-hydroxylation sites is 1. The molecule has 22 heavy (non-hydrogen) atoms. The van der Waals surface area contributed by atoms with Gasteiger partial charge in [0, 0.05) is 29.2 Å². The van der Waals surface area contributed by atoms with Crippen molar-refractivity contribution in [2.45, 2.75) is 51.0 Å². The van der Waals surface area contributed by atoms with Crippen molar-refractivity contribution in [2.75, 3.05) is 6.54 Å². The molecule has 1 aliphatic heterocycles. The normalized spacial score (nSPS) is 21.0. The summed E-state index contributed by atoms with van der Waals surface area (Å²) in [7, 11) is 0. The van der Waals surface area contributed by atoms with Crippen LogP contribution in [-0.2, 0) is 4.79 Å². The highest BCUT2D eigenvalue weighted by Crippen LogP contribution is 2.37. The minimum absolute atomic E-state index is 0.245. The second kappa shape index (κ2) is 6.53. The molecule has 0 unspecified atom stereocenters. The first-order valence-electron chi connectivity index (χ1n) is 8.29. The fourth-order valence-electron chi connectivity index (χ4n) is 3.53. The molecule has 0 aliphatic carbocycles. The molecule has 0 fully saturated rings. The number of unbranched alkanes of at least 4 members (excludes halogenated alkanes) is 3. The zero-order chi connectivity index (χ0) is 15.5. The summed E-state index contributed by atoms with van der Waals surface area (Å²) in [6, 6.07) is 8.27. The highest BCUT2D eigenvalue weighted by atomic mass is 16.4. The van der Waals surface area contributed by atoms with E-state index in [0.717, 1.165) is 28.6 Å². The van der Waals surface area contributed by atoms with Crippen molar-refractivity contribution in [3.8, 4) is 0 Å². The van der Waals surface area contributed by atoms with Crippen molar-refractivity contribution >= 4 is 16.9 Å². The molecule has 2 heterocycles. The molecule has 0 radical (unpaired) electrons. The zero-order valence-electron chi connectivity index (χ0n) is 13.1. The molecule has 4 heteroatoms. The average molecular weight is 300 g/mol. The van der Waals surface area contributed by atoms with Crippen molar-refractivity contribution in [3.63, 3.8) is 0 Å². The van der Waals surface area contributed by atoms with E-state index in [1.807, 2.05) is 24.3 Å². The average Bonchev–Trinajstić information content (AvgIpc) is 2.91. The molecule has 0 saturated heterocycles. The fraction of sp³-hybridized carbons (Fsp3) is 0.500. The highest BCUT2D eigenvalue weighted by molar-refractivity contribution is 5.91. The first kappa shape index (κ1) is 15.1. The van der Waals surface area contributed by atoms with Crippen LogP contribution in [0.15, 0.2) is 24.3 Å². The van der Waals surface area contributed by atoms with E-state index in [9.17, 15) is 9.90 Å². The lowest BCUT2D eigenvalue weighted by Crippen LogP contribution is -2.36. The Kier molecular flexibility index (Phi) is 4.48. The third-order valence-corrected chi connectivity index (χ3v) is 4.69. The summed E-state index contributed by atoms with van der Waals surface area (Å²) in [5.41, 5.74) is 3.11. The first-order valence-corrected chi connectivity index (χ1v) is 8.29. The quantitative estimate of drug-likeness (QED) is 0.708. The minimum Gasteiger partial charge on any atom is -0.481 e. The van der Waals surface area contributed by atoms with Gasteiger partial charge in [-0.3, -0.25) is 4.79 Å². The number of carbonyl (C=O) groups is 1. The van der Waals surface area contributed by atoms with Crippen LogP contribution in [0.2, 0.25) is 0 Å². The molecule has 0 spiro atoms. The van der Waals surface area contributed by atoms with E-state index in [0.29, 0.717) is 6.54 Å². The SMILES string of the molecule is CCCCCC[C@@H]1NC[C@H](C(=O)O)c2c1[nH]c1ccccc21. The van der Waals surface area contributed by atoms with Crippen LogP contribution in [0.4, 0.5) is 0 Å². The van der Waals surface area contributed by atoms with Crippen LogP contribution in [-0.4, -0.2) is 22.6 Å². The van der Waals surface area contributed by atoms with Crippen molar-refractivity contribution in [2.24, 2.45) is 0 Å². The molecule has 118 valence electrons. The fourth-order valence-corrected chi connectivity index (χ4v) is 3.53. The second-order valence-electron chi connectivity index (χ2n) is 6.20. The Bertz CT molecular complexity index is 662. The lowest BCUT2D eigenvalue weighted by Gasteiger charge is -2.28. The number of H-pyrrole nitrogens is 1. The van der Waals surface area contributed by atoms with Gasteiger partial charge in [0.15, 0.2) is 0 Å². The second-order valence-corrected chi connectivity index (χ2v) is 6.20. The predicted octanol–water partition coefficient (Wildman–Crippen LogP) is 3.95. The summed E-state index contributed by atoms with van der Waals surface area (Å²) in [6.07, 6.45) is 5.98. The summed E-state index contributed by atoms with van der Waals surface area (Å²) in [6.45, 7) is 2.73. The molecule has 1 aliphatic rings.